The Morgan fingerprint density at radius 3 is 2.42 bits per heavy atom. The molecule has 2 aromatic carbocycles. The van der Waals surface area contributed by atoms with E-state index in [1.807, 2.05) is 54.3 Å². The summed E-state index contributed by atoms with van der Waals surface area (Å²) in [6.07, 6.45) is 3.83. The minimum Gasteiger partial charge on any atom is -0.360 e. The van der Waals surface area contributed by atoms with Gasteiger partial charge in [0.05, 0.1) is 17.6 Å². The number of hydrogen-bond donors (Lipinski definition) is 0. The molecule has 0 amide bonds. The zero-order valence-corrected chi connectivity index (χ0v) is 13.6. The Labute approximate surface area is 140 Å². The first-order valence-electron chi connectivity index (χ1n) is 7.85. The van der Waals surface area contributed by atoms with Gasteiger partial charge in [0.15, 0.2) is 0 Å². The number of nitrogens with zero attached hydrogens (tertiary/aromatic N) is 3. The molecule has 0 aliphatic heterocycles. The maximum absolute atomic E-state index is 5.44. The Bertz CT molecular complexity index is 966. The third kappa shape index (κ3) is 2.52. The summed E-state index contributed by atoms with van der Waals surface area (Å²) in [5.74, 6) is 0.767. The van der Waals surface area contributed by atoms with Crippen LogP contribution in [0.3, 0.4) is 0 Å². The first-order chi connectivity index (χ1) is 11.7. The van der Waals surface area contributed by atoms with E-state index in [1.54, 1.807) is 0 Å². The Morgan fingerprint density at radius 1 is 0.917 bits per heavy atom. The first-order valence-corrected chi connectivity index (χ1v) is 7.85. The second-order valence-corrected chi connectivity index (χ2v) is 5.83. The van der Waals surface area contributed by atoms with Crippen molar-refractivity contribution in [2.75, 3.05) is 0 Å². The average Bonchev–Trinajstić information content (AvgIpc) is 3.23. The van der Waals surface area contributed by atoms with Gasteiger partial charge in [-0.05, 0) is 26.0 Å². The predicted molar refractivity (Wildman–Crippen MR) is 94.0 cm³/mol. The summed E-state index contributed by atoms with van der Waals surface area (Å²) in [6.45, 7) is 4.00. The summed E-state index contributed by atoms with van der Waals surface area (Å²) in [6, 6.07) is 18.4. The van der Waals surface area contributed by atoms with E-state index in [1.165, 1.54) is 5.56 Å². The molecule has 0 spiro atoms. The van der Waals surface area contributed by atoms with Gasteiger partial charge in [0.2, 0.25) is 0 Å². The standard InChI is InChI=1S/C20H17N3O/c1-14-8-10-17(11-9-14)23-12-18(21-13-23)19-15(2)24-22-20(19)16-6-4-3-5-7-16/h3-13H,1-2H3. The number of aryl methyl sites for hydroxylation is 2. The van der Waals surface area contributed by atoms with Crippen LogP contribution in [0.15, 0.2) is 71.6 Å². The van der Waals surface area contributed by atoms with Gasteiger partial charge in [0.25, 0.3) is 0 Å². The largest absolute Gasteiger partial charge is 0.360 e. The van der Waals surface area contributed by atoms with E-state index < -0.39 is 0 Å². The van der Waals surface area contributed by atoms with Gasteiger partial charge in [-0.1, -0.05) is 53.2 Å². The SMILES string of the molecule is Cc1ccc(-n2cnc(-c3c(-c4ccccc4)noc3C)c2)cc1. The van der Waals surface area contributed by atoms with Crippen molar-refractivity contribution in [2.45, 2.75) is 13.8 Å². The zero-order valence-electron chi connectivity index (χ0n) is 13.6. The minimum atomic E-state index is 0.767. The molecule has 4 rings (SSSR count). The number of benzene rings is 2. The van der Waals surface area contributed by atoms with E-state index in [2.05, 4.69) is 41.3 Å². The van der Waals surface area contributed by atoms with Crippen LogP contribution in [0.1, 0.15) is 11.3 Å². The van der Waals surface area contributed by atoms with Crippen LogP contribution < -0.4 is 0 Å². The number of hydrogen-bond acceptors (Lipinski definition) is 3. The van der Waals surface area contributed by atoms with Crippen LogP contribution >= 0.6 is 0 Å². The summed E-state index contributed by atoms with van der Waals surface area (Å²) < 4.78 is 7.45. The van der Waals surface area contributed by atoms with Crippen molar-refractivity contribution >= 4 is 0 Å². The van der Waals surface area contributed by atoms with Gasteiger partial charge in [-0.25, -0.2) is 4.98 Å². The molecule has 0 atom stereocenters. The monoisotopic (exact) mass is 315 g/mol. The lowest BCUT2D eigenvalue weighted by Gasteiger charge is -2.02. The molecule has 0 N–H and O–H groups in total. The van der Waals surface area contributed by atoms with Crippen molar-refractivity contribution < 1.29 is 4.52 Å². The van der Waals surface area contributed by atoms with Crippen molar-refractivity contribution in [3.63, 3.8) is 0 Å². The van der Waals surface area contributed by atoms with Gasteiger partial charge in [-0.2, -0.15) is 0 Å². The first kappa shape index (κ1) is 14.5. The Morgan fingerprint density at radius 2 is 1.67 bits per heavy atom. The third-order valence-corrected chi connectivity index (χ3v) is 4.08. The van der Waals surface area contributed by atoms with Crippen LogP contribution in [0.4, 0.5) is 0 Å². The second-order valence-electron chi connectivity index (χ2n) is 5.83. The minimum absolute atomic E-state index is 0.767. The van der Waals surface area contributed by atoms with E-state index in [9.17, 15) is 0 Å². The lowest BCUT2D eigenvalue weighted by molar-refractivity contribution is 0.400. The molecule has 0 unspecified atom stereocenters. The average molecular weight is 315 g/mol. The van der Waals surface area contributed by atoms with Crippen molar-refractivity contribution in [1.82, 2.24) is 14.7 Å². The fourth-order valence-electron chi connectivity index (χ4n) is 2.78. The summed E-state index contributed by atoms with van der Waals surface area (Å²) in [5.41, 5.74) is 5.95. The highest BCUT2D eigenvalue weighted by atomic mass is 16.5. The molecule has 0 fully saturated rings. The molecule has 2 heterocycles. The van der Waals surface area contributed by atoms with Crippen molar-refractivity contribution in [3.8, 4) is 28.2 Å². The number of imidazole rings is 1. The molecule has 0 aliphatic rings. The maximum Gasteiger partial charge on any atom is 0.143 e. The Hall–Kier alpha value is -3.14. The lowest BCUT2D eigenvalue weighted by Crippen LogP contribution is -1.89. The summed E-state index contributed by atoms with van der Waals surface area (Å²) >= 11 is 0. The van der Waals surface area contributed by atoms with Crippen molar-refractivity contribution in [3.05, 3.63) is 78.4 Å². The normalized spacial score (nSPS) is 10.9. The van der Waals surface area contributed by atoms with E-state index in [0.29, 0.717) is 0 Å². The Balaban J connectivity index is 1.78. The lowest BCUT2D eigenvalue weighted by atomic mass is 10.0. The molecule has 0 bridgehead atoms. The molecule has 0 radical (unpaired) electrons. The molecular weight excluding hydrogens is 298 g/mol. The van der Waals surface area contributed by atoms with Crippen LogP contribution in [0.5, 0.6) is 0 Å². The third-order valence-electron chi connectivity index (χ3n) is 4.08. The number of aromatic nitrogens is 3. The van der Waals surface area contributed by atoms with Crippen LogP contribution in [0.25, 0.3) is 28.2 Å². The molecule has 4 aromatic rings. The van der Waals surface area contributed by atoms with Crippen LogP contribution in [-0.2, 0) is 0 Å². The quantitative estimate of drug-likeness (QED) is 0.545. The van der Waals surface area contributed by atoms with Crippen LogP contribution in [0.2, 0.25) is 0 Å². The van der Waals surface area contributed by atoms with E-state index in [4.69, 9.17) is 4.52 Å². The highest BCUT2D eigenvalue weighted by Gasteiger charge is 2.18. The highest BCUT2D eigenvalue weighted by Crippen LogP contribution is 2.33. The molecule has 118 valence electrons. The van der Waals surface area contributed by atoms with Crippen molar-refractivity contribution in [1.29, 1.82) is 0 Å². The van der Waals surface area contributed by atoms with Gasteiger partial charge in [-0.3, -0.25) is 0 Å². The zero-order chi connectivity index (χ0) is 16.5. The van der Waals surface area contributed by atoms with Gasteiger partial charge >= 0.3 is 0 Å². The van der Waals surface area contributed by atoms with Gasteiger partial charge < -0.3 is 9.09 Å². The fraction of sp³-hybridized carbons (Fsp3) is 0.100. The predicted octanol–water partition coefficient (Wildman–Crippen LogP) is 4.81. The second kappa shape index (κ2) is 5.81. The van der Waals surface area contributed by atoms with E-state index >= 15 is 0 Å². The topological polar surface area (TPSA) is 43.9 Å². The molecule has 0 saturated heterocycles. The number of rotatable bonds is 3. The molecule has 0 saturated carbocycles. The van der Waals surface area contributed by atoms with Gasteiger partial charge in [0, 0.05) is 17.4 Å². The van der Waals surface area contributed by atoms with Crippen LogP contribution in [0, 0.1) is 13.8 Å². The molecule has 4 heteroatoms. The van der Waals surface area contributed by atoms with Crippen molar-refractivity contribution in [2.24, 2.45) is 0 Å². The summed E-state index contributed by atoms with van der Waals surface area (Å²) in [5, 5.41) is 4.23. The van der Waals surface area contributed by atoms with E-state index in [0.717, 1.165) is 34.0 Å². The van der Waals surface area contributed by atoms with E-state index in [-0.39, 0.29) is 0 Å². The fourth-order valence-corrected chi connectivity index (χ4v) is 2.78. The molecule has 24 heavy (non-hydrogen) atoms. The smallest absolute Gasteiger partial charge is 0.143 e. The van der Waals surface area contributed by atoms with Gasteiger partial charge in [0.1, 0.15) is 11.5 Å². The highest BCUT2D eigenvalue weighted by molar-refractivity contribution is 5.79. The van der Waals surface area contributed by atoms with Gasteiger partial charge in [-0.15, -0.1) is 0 Å². The molecule has 2 aromatic heterocycles. The molecular formula is C20H17N3O. The summed E-state index contributed by atoms with van der Waals surface area (Å²) in [4.78, 5) is 4.57. The Kier molecular flexibility index (Phi) is 3.50. The summed E-state index contributed by atoms with van der Waals surface area (Å²) in [7, 11) is 0. The molecule has 0 aliphatic carbocycles. The van der Waals surface area contributed by atoms with Crippen LogP contribution in [-0.4, -0.2) is 14.7 Å². The maximum atomic E-state index is 5.44. The molecule has 4 nitrogen and oxygen atoms in total.